The van der Waals surface area contributed by atoms with Crippen LogP contribution in [0, 0.1) is 0 Å². The van der Waals surface area contributed by atoms with Gasteiger partial charge in [0.2, 0.25) is 0 Å². The monoisotopic (exact) mass is 302 g/mol. The molecule has 0 aromatic heterocycles. The summed E-state index contributed by atoms with van der Waals surface area (Å²) in [4.78, 5) is 28.1. The van der Waals surface area contributed by atoms with Crippen LogP contribution in [0.15, 0.2) is 24.3 Å². The average molecular weight is 302 g/mol. The lowest BCUT2D eigenvalue weighted by Gasteiger charge is -2.21. The Morgan fingerprint density at radius 2 is 1.68 bits per heavy atom. The second-order valence-corrected chi connectivity index (χ2v) is 6.01. The number of carbonyl (C=O) groups is 2. The van der Waals surface area contributed by atoms with Crippen molar-refractivity contribution in [3.8, 4) is 0 Å². The standard InChI is InChI=1S/C17H22N2O3/c20-12-11-18(13-7-8-13)9-3-4-10-19-16(21)14-5-1-2-6-15(14)17(19)22/h1-2,5-6,13,20H,3-4,7-12H2. The second-order valence-electron chi connectivity index (χ2n) is 6.01. The Morgan fingerprint density at radius 1 is 1.05 bits per heavy atom. The fourth-order valence-corrected chi connectivity index (χ4v) is 3.07. The lowest BCUT2D eigenvalue weighted by atomic mass is 10.1. The minimum absolute atomic E-state index is 0.171. The molecule has 5 heteroatoms. The summed E-state index contributed by atoms with van der Waals surface area (Å²) in [6, 6.07) is 7.63. The molecular formula is C17H22N2O3. The minimum atomic E-state index is -0.171. The Morgan fingerprint density at radius 3 is 2.23 bits per heavy atom. The molecule has 1 aliphatic carbocycles. The SMILES string of the molecule is O=C1c2ccccc2C(=O)N1CCCCN(CCO)C1CC1. The fraction of sp³-hybridized carbons (Fsp3) is 0.529. The minimum Gasteiger partial charge on any atom is -0.395 e. The van der Waals surface area contributed by atoms with Gasteiger partial charge in [-0.15, -0.1) is 0 Å². The van der Waals surface area contributed by atoms with Crippen LogP contribution in [0.1, 0.15) is 46.4 Å². The maximum atomic E-state index is 12.2. The summed E-state index contributed by atoms with van der Waals surface area (Å²) in [6.07, 6.45) is 4.18. The predicted molar refractivity (Wildman–Crippen MR) is 82.7 cm³/mol. The van der Waals surface area contributed by atoms with E-state index >= 15 is 0 Å². The third-order valence-electron chi connectivity index (χ3n) is 4.41. The van der Waals surface area contributed by atoms with E-state index in [-0.39, 0.29) is 18.4 Å². The molecular weight excluding hydrogens is 280 g/mol. The zero-order chi connectivity index (χ0) is 15.5. The van der Waals surface area contributed by atoms with Gasteiger partial charge >= 0.3 is 0 Å². The van der Waals surface area contributed by atoms with Gasteiger partial charge in [-0.3, -0.25) is 19.4 Å². The van der Waals surface area contributed by atoms with Crippen molar-refractivity contribution >= 4 is 11.8 Å². The molecule has 0 spiro atoms. The number of fused-ring (bicyclic) bond motifs is 1. The Kier molecular flexibility index (Phi) is 4.55. The highest BCUT2D eigenvalue weighted by molar-refractivity contribution is 6.21. The van der Waals surface area contributed by atoms with E-state index in [0.717, 1.165) is 25.9 Å². The summed E-state index contributed by atoms with van der Waals surface area (Å²) in [6.45, 7) is 2.31. The molecule has 118 valence electrons. The van der Waals surface area contributed by atoms with Gasteiger partial charge in [-0.25, -0.2) is 0 Å². The maximum absolute atomic E-state index is 12.2. The van der Waals surface area contributed by atoms with Crippen molar-refractivity contribution in [2.75, 3.05) is 26.2 Å². The van der Waals surface area contributed by atoms with E-state index in [0.29, 0.717) is 23.7 Å². The molecule has 0 bridgehead atoms. The van der Waals surface area contributed by atoms with Gasteiger partial charge in [0.25, 0.3) is 11.8 Å². The highest BCUT2D eigenvalue weighted by atomic mass is 16.3. The molecule has 0 unspecified atom stereocenters. The molecule has 0 atom stereocenters. The van der Waals surface area contributed by atoms with Crippen molar-refractivity contribution in [2.24, 2.45) is 0 Å². The van der Waals surface area contributed by atoms with Crippen LogP contribution in [-0.4, -0.2) is 59.0 Å². The molecule has 1 aromatic carbocycles. The van der Waals surface area contributed by atoms with E-state index in [1.54, 1.807) is 24.3 Å². The largest absolute Gasteiger partial charge is 0.395 e. The molecule has 2 amide bonds. The van der Waals surface area contributed by atoms with E-state index in [1.165, 1.54) is 17.7 Å². The van der Waals surface area contributed by atoms with E-state index in [1.807, 2.05) is 0 Å². The topological polar surface area (TPSA) is 60.9 Å². The van der Waals surface area contributed by atoms with Crippen molar-refractivity contribution in [1.29, 1.82) is 0 Å². The summed E-state index contributed by atoms with van der Waals surface area (Å²) in [7, 11) is 0. The summed E-state index contributed by atoms with van der Waals surface area (Å²) in [5, 5.41) is 9.07. The van der Waals surface area contributed by atoms with E-state index < -0.39 is 0 Å². The van der Waals surface area contributed by atoms with Crippen LogP contribution in [0.5, 0.6) is 0 Å². The van der Waals surface area contributed by atoms with Gasteiger partial charge in [0.05, 0.1) is 17.7 Å². The Balaban J connectivity index is 1.48. The first kappa shape index (κ1) is 15.2. The average Bonchev–Trinajstić information content (AvgIpc) is 3.34. The zero-order valence-corrected chi connectivity index (χ0v) is 12.7. The molecule has 2 aliphatic rings. The number of unbranched alkanes of at least 4 members (excludes halogenated alkanes) is 1. The molecule has 1 saturated carbocycles. The van der Waals surface area contributed by atoms with Crippen molar-refractivity contribution in [3.63, 3.8) is 0 Å². The van der Waals surface area contributed by atoms with Crippen LogP contribution in [0.25, 0.3) is 0 Å². The van der Waals surface area contributed by atoms with Crippen LogP contribution in [0.4, 0.5) is 0 Å². The zero-order valence-electron chi connectivity index (χ0n) is 12.7. The first-order valence-electron chi connectivity index (χ1n) is 8.02. The molecule has 1 aromatic rings. The van der Waals surface area contributed by atoms with Crippen LogP contribution in [0.2, 0.25) is 0 Å². The van der Waals surface area contributed by atoms with Crippen LogP contribution in [-0.2, 0) is 0 Å². The predicted octanol–water partition coefficient (Wildman–Crippen LogP) is 1.52. The number of aliphatic hydroxyl groups is 1. The molecule has 1 heterocycles. The Labute approximate surface area is 130 Å². The molecule has 3 rings (SSSR count). The Bertz CT molecular complexity index is 534. The third kappa shape index (κ3) is 3.05. The molecule has 0 saturated heterocycles. The lowest BCUT2D eigenvalue weighted by Crippen LogP contribution is -2.33. The number of aliphatic hydroxyl groups excluding tert-OH is 1. The van der Waals surface area contributed by atoms with Gasteiger partial charge in [0.1, 0.15) is 0 Å². The van der Waals surface area contributed by atoms with Crippen molar-refractivity contribution in [1.82, 2.24) is 9.80 Å². The number of rotatable bonds is 8. The van der Waals surface area contributed by atoms with Crippen molar-refractivity contribution in [2.45, 2.75) is 31.7 Å². The molecule has 22 heavy (non-hydrogen) atoms. The van der Waals surface area contributed by atoms with Crippen LogP contribution >= 0.6 is 0 Å². The van der Waals surface area contributed by atoms with E-state index in [2.05, 4.69) is 4.90 Å². The molecule has 1 N–H and O–H groups in total. The molecule has 1 fully saturated rings. The highest BCUT2D eigenvalue weighted by Gasteiger charge is 2.34. The van der Waals surface area contributed by atoms with E-state index in [4.69, 9.17) is 5.11 Å². The van der Waals surface area contributed by atoms with Gasteiger partial charge in [0.15, 0.2) is 0 Å². The van der Waals surface area contributed by atoms with Gasteiger partial charge in [-0.2, -0.15) is 0 Å². The third-order valence-corrected chi connectivity index (χ3v) is 4.41. The fourth-order valence-electron chi connectivity index (χ4n) is 3.07. The highest BCUT2D eigenvalue weighted by Crippen LogP contribution is 2.27. The van der Waals surface area contributed by atoms with Crippen LogP contribution in [0.3, 0.4) is 0 Å². The Hall–Kier alpha value is -1.72. The quantitative estimate of drug-likeness (QED) is 0.584. The lowest BCUT2D eigenvalue weighted by molar-refractivity contribution is 0.0650. The first-order chi connectivity index (χ1) is 10.7. The number of amides is 2. The summed E-state index contributed by atoms with van der Waals surface area (Å²) in [5.41, 5.74) is 1.04. The van der Waals surface area contributed by atoms with Gasteiger partial charge in [-0.05, 0) is 44.4 Å². The summed E-state index contributed by atoms with van der Waals surface area (Å²) < 4.78 is 0. The number of imide groups is 1. The number of nitrogens with zero attached hydrogens (tertiary/aromatic N) is 2. The number of hydrogen-bond acceptors (Lipinski definition) is 4. The number of hydrogen-bond donors (Lipinski definition) is 1. The molecule has 5 nitrogen and oxygen atoms in total. The number of benzene rings is 1. The number of carbonyl (C=O) groups excluding carboxylic acids is 2. The van der Waals surface area contributed by atoms with Crippen molar-refractivity contribution < 1.29 is 14.7 Å². The first-order valence-corrected chi connectivity index (χ1v) is 8.02. The smallest absolute Gasteiger partial charge is 0.261 e. The van der Waals surface area contributed by atoms with Gasteiger partial charge < -0.3 is 5.11 Å². The maximum Gasteiger partial charge on any atom is 0.261 e. The van der Waals surface area contributed by atoms with Gasteiger partial charge in [-0.1, -0.05) is 12.1 Å². The van der Waals surface area contributed by atoms with Gasteiger partial charge in [0, 0.05) is 19.1 Å². The van der Waals surface area contributed by atoms with E-state index in [9.17, 15) is 9.59 Å². The second kappa shape index (κ2) is 6.58. The normalized spacial score (nSPS) is 17.5. The van der Waals surface area contributed by atoms with Crippen LogP contribution < -0.4 is 0 Å². The molecule has 1 aliphatic heterocycles. The summed E-state index contributed by atoms with van der Waals surface area (Å²) >= 11 is 0. The van der Waals surface area contributed by atoms with Crippen molar-refractivity contribution in [3.05, 3.63) is 35.4 Å². The molecule has 0 radical (unpaired) electrons. The summed E-state index contributed by atoms with van der Waals surface area (Å²) in [5.74, 6) is -0.343.